The lowest BCUT2D eigenvalue weighted by Gasteiger charge is -2.16. The maximum absolute atomic E-state index is 5.47. The van der Waals surface area contributed by atoms with Gasteiger partial charge in [-0.3, -0.25) is 0 Å². The molecule has 102 valence electrons. The van der Waals surface area contributed by atoms with Crippen LogP contribution in [0.15, 0.2) is 6.33 Å². The topological polar surface area (TPSA) is 85.1 Å². The Kier molecular flexibility index (Phi) is 6.38. The Bertz CT molecular complexity index is 356. The van der Waals surface area contributed by atoms with Crippen molar-refractivity contribution in [2.75, 3.05) is 31.0 Å². The first kappa shape index (κ1) is 14.7. The molecule has 0 saturated heterocycles. The number of nitrogens with two attached hydrogens (primary N) is 1. The molecular weight excluding hydrogens is 230 g/mol. The Labute approximate surface area is 108 Å². The smallest absolute Gasteiger partial charge is 0.148 e. The molecule has 1 aromatic heterocycles. The van der Waals surface area contributed by atoms with E-state index in [2.05, 4.69) is 34.6 Å². The van der Waals surface area contributed by atoms with Crippen LogP contribution in [0.4, 0.5) is 11.6 Å². The van der Waals surface area contributed by atoms with Crippen LogP contribution in [0, 0.1) is 0 Å². The van der Waals surface area contributed by atoms with E-state index >= 15 is 0 Å². The summed E-state index contributed by atoms with van der Waals surface area (Å²) in [6, 6.07) is 0. The Morgan fingerprint density at radius 3 is 2.61 bits per heavy atom. The molecular formula is C12H23N5O. The van der Waals surface area contributed by atoms with E-state index in [0.29, 0.717) is 11.7 Å². The van der Waals surface area contributed by atoms with Crippen molar-refractivity contribution in [1.82, 2.24) is 9.97 Å². The molecule has 6 nitrogen and oxygen atoms in total. The van der Waals surface area contributed by atoms with Crippen LogP contribution < -0.4 is 16.6 Å². The first-order valence-electron chi connectivity index (χ1n) is 6.25. The molecule has 1 heterocycles. The van der Waals surface area contributed by atoms with Crippen molar-refractivity contribution >= 4 is 11.6 Å². The highest BCUT2D eigenvalue weighted by Gasteiger charge is 2.13. The van der Waals surface area contributed by atoms with Crippen molar-refractivity contribution in [2.24, 2.45) is 5.84 Å². The summed E-state index contributed by atoms with van der Waals surface area (Å²) in [7, 11) is 1.72. The molecule has 0 bridgehead atoms. The molecule has 0 amide bonds. The molecule has 0 aliphatic heterocycles. The fourth-order valence-corrected chi connectivity index (χ4v) is 1.78. The number of nitrogen functional groups attached to an aromatic ring is 1. The van der Waals surface area contributed by atoms with Gasteiger partial charge in [-0.05, 0) is 18.8 Å². The number of methoxy groups -OCH3 is 1. The predicted octanol–water partition coefficient (Wildman–Crippen LogP) is 1.72. The van der Waals surface area contributed by atoms with Crippen LogP contribution in [0.5, 0.6) is 0 Å². The number of hydrazine groups is 1. The first-order valence-corrected chi connectivity index (χ1v) is 6.25. The van der Waals surface area contributed by atoms with Crippen molar-refractivity contribution in [1.29, 1.82) is 0 Å². The minimum absolute atomic E-state index is 0.304. The van der Waals surface area contributed by atoms with E-state index < -0.39 is 0 Å². The van der Waals surface area contributed by atoms with Gasteiger partial charge in [0.05, 0.1) is 0 Å². The first-order chi connectivity index (χ1) is 8.70. The predicted molar refractivity (Wildman–Crippen MR) is 73.5 cm³/mol. The van der Waals surface area contributed by atoms with Gasteiger partial charge >= 0.3 is 0 Å². The molecule has 1 rings (SSSR count). The number of anilines is 2. The number of unbranched alkanes of at least 4 members (excludes halogenated alkanes) is 1. The summed E-state index contributed by atoms with van der Waals surface area (Å²) in [4.78, 5) is 8.41. The molecule has 0 fully saturated rings. The molecule has 0 saturated carbocycles. The normalized spacial score (nSPS) is 10.7. The molecule has 0 unspecified atom stereocenters. The molecule has 0 spiro atoms. The monoisotopic (exact) mass is 253 g/mol. The third kappa shape index (κ3) is 4.12. The van der Waals surface area contributed by atoms with Gasteiger partial charge < -0.3 is 15.5 Å². The van der Waals surface area contributed by atoms with E-state index in [9.17, 15) is 0 Å². The van der Waals surface area contributed by atoms with Gasteiger partial charge in [-0.15, -0.1) is 0 Å². The molecule has 0 aliphatic carbocycles. The van der Waals surface area contributed by atoms with Gasteiger partial charge in [0, 0.05) is 25.8 Å². The fourth-order valence-electron chi connectivity index (χ4n) is 1.78. The minimum Gasteiger partial charge on any atom is -0.385 e. The molecule has 0 atom stereocenters. The zero-order chi connectivity index (χ0) is 13.4. The summed E-state index contributed by atoms with van der Waals surface area (Å²) in [5.74, 6) is 7.30. The zero-order valence-corrected chi connectivity index (χ0v) is 11.4. The minimum atomic E-state index is 0.304. The molecule has 0 aliphatic rings. The summed E-state index contributed by atoms with van der Waals surface area (Å²) in [5.41, 5.74) is 3.64. The molecule has 1 aromatic rings. The van der Waals surface area contributed by atoms with E-state index in [1.807, 2.05) is 0 Å². The van der Waals surface area contributed by atoms with Gasteiger partial charge in [0.15, 0.2) is 0 Å². The zero-order valence-electron chi connectivity index (χ0n) is 11.4. The van der Waals surface area contributed by atoms with Crippen LogP contribution in [0.25, 0.3) is 0 Å². The summed E-state index contributed by atoms with van der Waals surface area (Å²) >= 11 is 0. The molecule has 18 heavy (non-hydrogen) atoms. The van der Waals surface area contributed by atoms with E-state index in [1.165, 1.54) is 6.33 Å². The standard InChI is InChI=1S/C12H23N5O/c1-9(2)10-11(14-6-4-5-7-18-3)15-8-16-12(10)17-13/h8-9H,4-7,13H2,1-3H3,(H2,14,15,16,17). The molecule has 4 N–H and O–H groups in total. The SMILES string of the molecule is COCCCCNc1ncnc(NN)c1C(C)C. The van der Waals surface area contributed by atoms with E-state index in [4.69, 9.17) is 10.6 Å². The third-order valence-corrected chi connectivity index (χ3v) is 2.67. The Morgan fingerprint density at radius 1 is 1.28 bits per heavy atom. The highest BCUT2D eigenvalue weighted by Crippen LogP contribution is 2.27. The number of ether oxygens (including phenoxy) is 1. The van der Waals surface area contributed by atoms with Gasteiger partial charge in [0.25, 0.3) is 0 Å². The van der Waals surface area contributed by atoms with Gasteiger partial charge in [-0.25, -0.2) is 15.8 Å². The highest BCUT2D eigenvalue weighted by molar-refractivity contribution is 5.58. The molecule has 0 radical (unpaired) electrons. The molecule has 0 aromatic carbocycles. The van der Waals surface area contributed by atoms with Gasteiger partial charge in [-0.1, -0.05) is 13.8 Å². The number of nitrogens with one attached hydrogen (secondary N) is 2. The number of rotatable bonds is 8. The number of hydrogen-bond acceptors (Lipinski definition) is 6. The van der Waals surface area contributed by atoms with Crippen LogP contribution in [-0.2, 0) is 4.74 Å². The molecule has 6 heteroatoms. The van der Waals surface area contributed by atoms with Crippen molar-refractivity contribution in [2.45, 2.75) is 32.6 Å². The van der Waals surface area contributed by atoms with Crippen molar-refractivity contribution in [3.8, 4) is 0 Å². The van der Waals surface area contributed by atoms with Crippen LogP contribution in [0.3, 0.4) is 0 Å². The lowest BCUT2D eigenvalue weighted by molar-refractivity contribution is 0.194. The van der Waals surface area contributed by atoms with Gasteiger partial charge in [0.1, 0.15) is 18.0 Å². The van der Waals surface area contributed by atoms with Gasteiger partial charge in [0.2, 0.25) is 0 Å². The van der Waals surface area contributed by atoms with Crippen LogP contribution >= 0.6 is 0 Å². The maximum atomic E-state index is 5.47. The van der Waals surface area contributed by atoms with E-state index in [0.717, 1.165) is 37.4 Å². The highest BCUT2D eigenvalue weighted by atomic mass is 16.5. The summed E-state index contributed by atoms with van der Waals surface area (Å²) in [6.07, 6.45) is 3.59. The number of hydrogen-bond donors (Lipinski definition) is 3. The second kappa shape index (κ2) is 7.84. The second-order valence-corrected chi connectivity index (χ2v) is 4.41. The number of nitrogens with zero attached hydrogens (tertiary/aromatic N) is 2. The summed E-state index contributed by atoms with van der Waals surface area (Å²) in [5, 5.41) is 3.33. The maximum Gasteiger partial charge on any atom is 0.148 e. The largest absolute Gasteiger partial charge is 0.385 e. The van der Waals surface area contributed by atoms with Crippen LogP contribution in [-0.4, -0.2) is 30.2 Å². The lowest BCUT2D eigenvalue weighted by atomic mass is 10.0. The quantitative estimate of drug-likeness (QED) is 0.371. The van der Waals surface area contributed by atoms with Crippen LogP contribution in [0.1, 0.15) is 38.2 Å². The van der Waals surface area contributed by atoms with Crippen LogP contribution in [0.2, 0.25) is 0 Å². The Morgan fingerprint density at radius 2 is 2.00 bits per heavy atom. The Balaban J connectivity index is 2.64. The fraction of sp³-hybridized carbons (Fsp3) is 0.667. The van der Waals surface area contributed by atoms with Gasteiger partial charge in [-0.2, -0.15) is 0 Å². The summed E-state index contributed by atoms with van der Waals surface area (Å²) in [6.45, 7) is 5.84. The summed E-state index contributed by atoms with van der Waals surface area (Å²) < 4.78 is 5.01. The average Bonchev–Trinajstić information content (AvgIpc) is 2.37. The number of aromatic nitrogens is 2. The van der Waals surface area contributed by atoms with Crippen molar-refractivity contribution in [3.05, 3.63) is 11.9 Å². The Hall–Kier alpha value is -1.40. The average molecular weight is 253 g/mol. The van der Waals surface area contributed by atoms with E-state index in [1.54, 1.807) is 7.11 Å². The lowest BCUT2D eigenvalue weighted by Crippen LogP contribution is -2.15. The third-order valence-electron chi connectivity index (χ3n) is 2.67. The van der Waals surface area contributed by atoms with Crippen molar-refractivity contribution in [3.63, 3.8) is 0 Å². The van der Waals surface area contributed by atoms with Crippen molar-refractivity contribution < 1.29 is 4.74 Å². The second-order valence-electron chi connectivity index (χ2n) is 4.41. The van der Waals surface area contributed by atoms with E-state index in [-0.39, 0.29) is 0 Å².